The summed E-state index contributed by atoms with van der Waals surface area (Å²) >= 11 is 6.04. The van der Waals surface area contributed by atoms with Gasteiger partial charge in [0, 0.05) is 16.3 Å². The second-order valence-electron chi connectivity index (χ2n) is 7.00. The minimum Gasteiger partial charge on any atom is -0.483 e. The number of carbonyl (C=O) groups excluding carboxylic acids is 1. The molecule has 0 aromatic heterocycles. The lowest BCUT2D eigenvalue weighted by Gasteiger charge is -2.17. The fraction of sp³-hybridized carbons (Fsp3) is 0.136. The van der Waals surface area contributed by atoms with Crippen LogP contribution >= 0.6 is 11.6 Å². The van der Waals surface area contributed by atoms with Gasteiger partial charge in [0.2, 0.25) is 10.0 Å². The Balaban J connectivity index is 1.74. The van der Waals surface area contributed by atoms with Crippen molar-refractivity contribution in [3.63, 3.8) is 0 Å². The van der Waals surface area contributed by atoms with E-state index < -0.39 is 34.5 Å². The minimum absolute atomic E-state index is 0.0682. The topological polar surface area (TPSA) is 119 Å². The number of sulfonamides is 1. The number of carbonyl (C=O) groups is 1. The number of amides is 1. The molecule has 0 heterocycles. The van der Waals surface area contributed by atoms with Gasteiger partial charge in [-0.2, -0.15) is 0 Å². The first kappa shape index (κ1) is 23.7. The normalized spacial score (nSPS) is 12.3. The highest BCUT2D eigenvalue weighted by Crippen LogP contribution is 2.32. The van der Waals surface area contributed by atoms with E-state index in [1.807, 2.05) is 0 Å². The molecule has 0 aliphatic heterocycles. The number of nitrogens with one attached hydrogen (secondary N) is 1. The highest BCUT2D eigenvalue weighted by Gasteiger charge is 2.18. The summed E-state index contributed by atoms with van der Waals surface area (Å²) in [5, 5.41) is 18.7. The third-order valence-corrected chi connectivity index (χ3v) is 5.74. The molecule has 0 radical (unpaired) electrons. The van der Waals surface area contributed by atoms with E-state index in [0.29, 0.717) is 21.8 Å². The Morgan fingerprint density at radius 1 is 1.19 bits per heavy atom. The molecule has 1 amide bonds. The van der Waals surface area contributed by atoms with Gasteiger partial charge in [-0.05, 0) is 66.6 Å². The van der Waals surface area contributed by atoms with Crippen LogP contribution in [0.25, 0.3) is 0 Å². The molecule has 0 fully saturated rings. The van der Waals surface area contributed by atoms with Crippen LogP contribution in [0.15, 0.2) is 65.6 Å². The van der Waals surface area contributed by atoms with Crippen LogP contribution in [-0.2, 0) is 14.8 Å². The summed E-state index contributed by atoms with van der Waals surface area (Å²) < 4.78 is 42.0. The molecular formula is C22H20ClFN2O5S. The summed E-state index contributed by atoms with van der Waals surface area (Å²) in [5.41, 5.74) is 1.46. The van der Waals surface area contributed by atoms with Gasteiger partial charge in [0.15, 0.2) is 6.61 Å². The molecule has 0 saturated carbocycles. The van der Waals surface area contributed by atoms with E-state index in [1.54, 1.807) is 13.0 Å². The lowest BCUT2D eigenvalue weighted by Crippen LogP contribution is -2.21. The Morgan fingerprint density at radius 2 is 1.94 bits per heavy atom. The number of ether oxygens (including phenoxy) is 1. The Kier molecular flexibility index (Phi) is 7.15. The van der Waals surface area contributed by atoms with Gasteiger partial charge in [-0.1, -0.05) is 23.7 Å². The zero-order valence-corrected chi connectivity index (χ0v) is 18.5. The molecule has 0 aliphatic carbocycles. The van der Waals surface area contributed by atoms with Crippen LogP contribution in [-0.4, -0.2) is 26.0 Å². The summed E-state index contributed by atoms with van der Waals surface area (Å²) in [6.07, 6.45) is -1.23. The van der Waals surface area contributed by atoms with E-state index in [9.17, 15) is 22.7 Å². The number of halogens is 2. The predicted octanol–water partition coefficient (Wildman–Crippen LogP) is 3.53. The van der Waals surface area contributed by atoms with Crippen molar-refractivity contribution in [1.29, 1.82) is 0 Å². The molecule has 3 aromatic carbocycles. The SMILES string of the molecule is Cc1cc(S(N)(=O)=O)ccc1NC(=O)COc1ccc(Cl)cc1C(O)c1cccc(F)c1. The molecule has 0 spiro atoms. The molecule has 1 unspecified atom stereocenters. The fourth-order valence-electron chi connectivity index (χ4n) is 3.00. The third-order valence-electron chi connectivity index (χ3n) is 4.59. The van der Waals surface area contributed by atoms with Gasteiger partial charge in [-0.25, -0.2) is 17.9 Å². The number of nitrogens with two attached hydrogens (primary N) is 1. The van der Waals surface area contributed by atoms with Gasteiger partial charge in [0.25, 0.3) is 5.91 Å². The van der Waals surface area contributed by atoms with Crippen molar-refractivity contribution in [1.82, 2.24) is 0 Å². The molecular weight excluding hydrogens is 459 g/mol. The monoisotopic (exact) mass is 478 g/mol. The highest BCUT2D eigenvalue weighted by atomic mass is 35.5. The maximum Gasteiger partial charge on any atom is 0.262 e. The van der Waals surface area contributed by atoms with Crippen LogP contribution in [0.3, 0.4) is 0 Å². The largest absolute Gasteiger partial charge is 0.483 e. The summed E-state index contributed by atoms with van der Waals surface area (Å²) in [6, 6.07) is 14.0. The van der Waals surface area contributed by atoms with Crippen LogP contribution < -0.4 is 15.2 Å². The predicted molar refractivity (Wildman–Crippen MR) is 119 cm³/mol. The minimum atomic E-state index is -3.85. The maximum atomic E-state index is 13.5. The number of benzene rings is 3. The number of rotatable bonds is 7. The van der Waals surface area contributed by atoms with Gasteiger partial charge >= 0.3 is 0 Å². The van der Waals surface area contributed by atoms with Crippen LogP contribution in [0, 0.1) is 12.7 Å². The molecule has 3 rings (SSSR count). The van der Waals surface area contributed by atoms with E-state index in [4.69, 9.17) is 21.5 Å². The van der Waals surface area contributed by atoms with Crippen molar-refractivity contribution in [2.45, 2.75) is 17.9 Å². The highest BCUT2D eigenvalue weighted by molar-refractivity contribution is 7.89. The molecule has 168 valence electrons. The molecule has 10 heteroatoms. The smallest absolute Gasteiger partial charge is 0.262 e. The maximum absolute atomic E-state index is 13.5. The summed E-state index contributed by atoms with van der Waals surface area (Å²) in [7, 11) is -3.85. The lowest BCUT2D eigenvalue weighted by molar-refractivity contribution is -0.118. The van der Waals surface area contributed by atoms with E-state index >= 15 is 0 Å². The van der Waals surface area contributed by atoms with Gasteiger partial charge in [0.1, 0.15) is 17.7 Å². The van der Waals surface area contributed by atoms with Crippen LogP contribution in [0.2, 0.25) is 5.02 Å². The quantitative estimate of drug-likeness (QED) is 0.480. The van der Waals surface area contributed by atoms with Gasteiger partial charge in [0.05, 0.1) is 4.90 Å². The van der Waals surface area contributed by atoms with Crippen molar-refractivity contribution in [3.8, 4) is 5.75 Å². The van der Waals surface area contributed by atoms with E-state index in [-0.39, 0.29) is 16.2 Å². The third kappa shape index (κ3) is 5.83. The van der Waals surface area contributed by atoms with E-state index in [1.165, 1.54) is 54.6 Å². The Morgan fingerprint density at radius 3 is 2.59 bits per heavy atom. The standard InChI is InChI=1S/C22H20ClFN2O5S/c1-13-9-17(32(25,29)30)6-7-19(13)26-21(27)12-31-20-8-5-15(23)11-18(20)22(28)14-3-2-4-16(24)10-14/h2-11,22,28H,12H2,1H3,(H,26,27)(H2,25,29,30). The molecule has 0 aliphatic rings. The second-order valence-corrected chi connectivity index (χ2v) is 9.00. The van der Waals surface area contributed by atoms with Crippen LogP contribution in [0.1, 0.15) is 22.8 Å². The van der Waals surface area contributed by atoms with E-state index in [0.717, 1.165) is 0 Å². The molecule has 0 saturated heterocycles. The van der Waals surface area contributed by atoms with Crippen molar-refractivity contribution >= 4 is 33.2 Å². The van der Waals surface area contributed by atoms with Crippen LogP contribution in [0.4, 0.5) is 10.1 Å². The summed E-state index contributed by atoms with van der Waals surface area (Å²) in [5.74, 6) is -0.825. The first-order valence-corrected chi connectivity index (χ1v) is 11.3. The molecule has 3 aromatic rings. The summed E-state index contributed by atoms with van der Waals surface area (Å²) in [4.78, 5) is 12.3. The first-order chi connectivity index (χ1) is 15.0. The number of hydrogen-bond donors (Lipinski definition) is 3. The van der Waals surface area contributed by atoms with Crippen molar-refractivity contribution in [2.75, 3.05) is 11.9 Å². The average Bonchev–Trinajstić information content (AvgIpc) is 2.73. The van der Waals surface area contributed by atoms with Gasteiger partial charge < -0.3 is 15.2 Å². The van der Waals surface area contributed by atoms with Gasteiger partial charge in [-0.15, -0.1) is 0 Å². The van der Waals surface area contributed by atoms with Crippen molar-refractivity contribution in [2.24, 2.45) is 5.14 Å². The van der Waals surface area contributed by atoms with Crippen molar-refractivity contribution in [3.05, 3.63) is 88.2 Å². The Labute approximate surface area is 189 Å². The number of aliphatic hydroxyl groups excluding tert-OH is 1. The van der Waals surface area contributed by atoms with Gasteiger partial charge in [-0.3, -0.25) is 4.79 Å². The molecule has 1 atom stereocenters. The molecule has 4 N–H and O–H groups in total. The zero-order chi connectivity index (χ0) is 23.5. The van der Waals surface area contributed by atoms with Crippen molar-refractivity contribution < 1.29 is 27.4 Å². The number of aliphatic hydroxyl groups is 1. The first-order valence-electron chi connectivity index (χ1n) is 9.33. The summed E-state index contributed by atoms with van der Waals surface area (Å²) in [6.45, 7) is 1.22. The number of aryl methyl sites for hydroxylation is 1. The zero-order valence-electron chi connectivity index (χ0n) is 16.9. The second kappa shape index (κ2) is 9.66. The number of anilines is 1. The number of hydrogen-bond acceptors (Lipinski definition) is 5. The molecule has 7 nitrogen and oxygen atoms in total. The number of primary sulfonamides is 1. The average molecular weight is 479 g/mol. The molecule has 0 bridgehead atoms. The lowest BCUT2D eigenvalue weighted by atomic mass is 10.0. The fourth-order valence-corrected chi connectivity index (χ4v) is 3.78. The Bertz CT molecular complexity index is 1270. The Hall–Kier alpha value is -2.98. The van der Waals surface area contributed by atoms with E-state index in [2.05, 4.69) is 5.32 Å². The van der Waals surface area contributed by atoms with Crippen LogP contribution in [0.5, 0.6) is 5.75 Å². The molecule has 32 heavy (non-hydrogen) atoms.